The third kappa shape index (κ3) is 8.94. The van der Waals surface area contributed by atoms with E-state index in [-0.39, 0.29) is 31.3 Å². The summed E-state index contributed by atoms with van der Waals surface area (Å²) in [6.07, 6.45) is 2.25. The quantitative estimate of drug-likeness (QED) is 0.176. The molecule has 10 heteroatoms. The Kier molecular flexibility index (Phi) is 11.3. The molecule has 0 aliphatic carbocycles. The number of nitrogens with one attached hydrogen (secondary N) is 2. The Hall–Kier alpha value is -3.26. The first-order valence-corrected chi connectivity index (χ1v) is 13.1. The Balaban J connectivity index is 1.47. The fourth-order valence-corrected chi connectivity index (χ4v) is 3.88. The van der Waals surface area contributed by atoms with E-state index < -0.39 is 0 Å². The van der Waals surface area contributed by atoms with Crippen molar-refractivity contribution in [3.8, 4) is 11.5 Å². The van der Waals surface area contributed by atoms with Crippen LogP contribution in [0.1, 0.15) is 42.9 Å². The van der Waals surface area contributed by atoms with Crippen molar-refractivity contribution in [2.24, 2.45) is 5.10 Å². The minimum atomic E-state index is -0.292. The van der Waals surface area contributed by atoms with Crippen molar-refractivity contribution in [2.75, 3.05) is 11.9 Å². The van der Waals surface area contributed by atoms with E-state index in [1.807, 2.05) is 19.9 Å². The molecular weight excluding hydrogens is 549 g/mol. The molecule has 0 bridgehead atoms. The summed E-state index contributed by atoms with van der Waals surface area (Å²) in [5.74, 6) is 0.630. The lowest BCUT2D eigenvalue weighted by molar-refractivity contribution is -0.121. The molecule has 0 aromatic heterocycles. The van der Waals surface area contributed by atoms with Crippen LogP contribution in [0.2, 0.25) is 15.1 Å². The van der Waals surface area contributed by atoms with E-state index in [0.29, 0.717) is 50.8 Å². The molecular formula is C28H28Cl3N3O4. The summed E-state index contributed by atoms with van der Waals surface area (Å²) in [6.45, 7) is 4.45. The van der Waals surface area contributed by atoms with Crippen molar-refractivity contribution in [1.82, 2.24) is 5.43 Å². The van der Waals surface area contributed by atoms with Crippen molar-refractivity contribution in [1.29, 1.82) is 0 Å². The molecule has 38 heavy (non-hydrogen) atoms. The predicted octanol–water partition coefficient (Wildman–Crippen LogP) is 7.19. The summed E-state index contributed by atoms with van der Waals surface area (Å²) < 4.78 is 11.6. The Morgan fingerprint density at radius 2 is 1.68 bits per heavy atom. The monoisotopic (exact) mass is 575 g/mol. The molecule has 3 aromatic rings. The third-order valence-corrected chi connectivity index (χ3v) is 6.55. The van der Waals surface area contributed by atoms with Crippen LogP contribution in [-0.4, -0.2) is 24.6 Å². The highest BCUT2D eigenvalue weighted by Gasteiger charge is 2.10. The molecule has 0 fully saturated rings. The van der Waals surface area contributed by atoms with Gasteiger partial charge in [0.25, 0.3) is 0 Å². The van der Waals surface area contributed by atoms with Crippen molar-refractivity contribution < 1.29 is 19.1 Å². The number of carbonyl (C=O) groups is 2. The second kappa shape index (κ2) is 14.6. The van der Waals surface area contributed by atoms with Gasteiger partial charge < -0.3 is 14.8 Å². The van der Waals surface area contributed by atoms with Gasteiger partial charge in [0, 0.05) is 23.6 Å². The lowest BCUT2D eigenvalue weighted by Crippen LogP contribution is -2.18. The molecule has 0 heterocycles. The zero-order valence-corrected chi connectivity index (χ0v) is 23.3. The van der Waals surface area contributed by atoms with Gasteiger partial charge in [-0.2, -0.15) is 5.10 Å². The van der Waals surface area contributed by atoms with Crippen LogP contribution in [0.3, 0.4) is 0 Å². The van der Waals surface area contributed by atoms with E-state index in [0.717, 1.165) is 11.1 Å². The molecule has 3 rings (SSSR count). The molecule has 0 aliphatic rings. The van der Waals surface area contributed by atoms with Gasteiger partial charge in [0.2, 0.25) is 11.8 Å². The Morgan fingerprint density at radius 1 is 0.895 bits per heavy atom. The van der Waals surface area contributed by atoms with Crippen LogP contribution in [0.4, 0.5) is 5.69 Å². The summed E-state index contributed by atoms with van der Waals surface area (Å²) in [7, 11) is 0. The number of hydrazone groups is 1. The van der Waals surface area contributed by atoms with Crippen LogP contribution >= 0.6 is 34.8 Å². The SMILES string of the molecule is CCOc1cc(/C=N\NC(=O)CCCC(=O)Nc2cccc(Cl)c2C)ccc1OCc1ccc(Cl)c(Cl)c1. The van der Waals surface area contributed by atoms with E-state index in [1.54, 1.807) is 48.5 Å². The lowest BCUT2D eigenvalue weighted by Gasteiger charge is -2.13. The van der Waals surface area contributed by atoms with Crippen molar-refractivity contribution in [2.45, 2.75) is 39.7 Å². The van der Waals surface area contributed by atoms with Gasteiger partial charge in [0.15, 0.2) is 11.5 Å². The highest BCUT2D eigenvalue weighted by molar-refractivity contribution is 6.42. The Labute approximate surface area is 237 Å². The zero-order chi connectivity index (χ0) is 27.5. The second-order valence-electron chi connectivity index (χ2n) is 8.28. The average molecular weight is 577 g/mol. The molecule has 2 N–H and O–H groups in total. The topological polar surface area (TPSA) is 89.0 Å². The van der Waals surface area contributed by atoms with E-state index in [4.69, 9.17) is 44.3 Å². The van der Waals surface area contributed by atoms with Crippen LogP contribution in [0.5, 0.6) is 11.5 Å². The smallest absolute Gasteiger partial charge is 0.240 e. The van der Waals surface area contributed by atoms with Crippen LogP contribution in [-0.2, 0) is 16.2 Å². The average Bonchev–Trinajstić information content (AvgIpc) is 2.88. The first kappa shape index (κ1) is 29.3. The van der Waals surface area contributed by atoms with Crippen molar-refractivity contribution in [3.63, 3.8) is 0 Å². The van der Waals surface area contributed by atoms with Crippen molar-refractivity contribution >= 4 is 58.5 Å². The summed E-state index contributed by atoms with van der Waals surface area (Å²) in [4.78, 5) is 24.3. The molecule has 2 amide bonds. The first-order chi connectivity index (χ1) is 18.3. The van der Waals surface area contributed by atoms with Crippen LogP contribution in [0, 0.1) is 6.92 Å². The molecule has 0 saturated heterocycles. The maximum absolute atomic E-state index is 12.2. The minimum absolute atomic E-state index is 0.158. The van der Waals surface area contributed by atoms with E-state index in [1.165, 1.54) is 6.21 Å². The number of anilines is 1. The largest absolute Gasteiger partial charge is 0.490 e. The van der Waals surface area contributed by atoms with E-state index in [9.17, 15) is 9.59 Å². The van der Waals surface area contributed by atoms with Gasteiger partial charge in [0.05, 0.1) is 22.9 Å². The molecule has 0 aliphatic heterocycles. The number of ether oxygens (including phenoxy) is 2. The van der Waals surface area contributed by atoms with Crippen LogP contribution < -0.4 is 20.2 Å². The Bertz CT molecular complexity index is 1310. The minimum Gasteiger partial charge on any atom is -0.490 e. The number of nitrogens with zero attached hydrogens (tertiary/aromatic N) is 1. The first-order valence-electron chi connectivity index (χ1n) is 12.0. The van der Waals surface area contributed by atoms with E-state index >= 15 is 0 Å². The third-order valence-electron chi connectivity index (χ3n) is 5.40. The van der Waals surface area contributed by atoms with Crippen LogP contribution in [0.25, 0.3) is 0 Å². The molecule has 0 unspecified atom stereocenters. The van der Waals surface area contributed by atoms with Crippen LogP contribution in [0.15, 0.2) is 59.7 Å². The molecule has 7 nitrogen and oxygen atoms in total. The number of rotatable bonds is 12. The maximum Gasteiger partial charge on any atom is 0.240 e. The normalized spacial score (nSPS) is 10.9. The summed E-state index contributed by atoms with van der Waals surface area (Å²) in [6, 6.07) is 16.0. The summed E-state index contributed by atoms with van der Waals surface area (Å²) in [5.41, 5.74) is 5.52. The van der Waals surface area contributed by atoms with Crippen molar-refractivity contribution in [3.05, 3.63) is 86.4 Å². The van der Waals surface area contributed by atoms with Gasteiger partial charge in [-0.1, -0.05) is 46.9 Å². The van der Waals surface area contributed by atoms with Gasteiger partial charge in [-0.25, -0.2) is 5.43 Å². The highest BCUT2D eigenvalue weighted by atomic mass is 35.5. The standard InChI is InChI=1S/C28H28Cl3N3O4/c1-3-37-26-15-19(11-13-25(26)38-17-20-10-12-22(30)23(31)14-20)16-32-34-28(36)9-5-8-27(35)33-24-7-4-6-21(29)18(24)2/h4,6-7,10-16H,3,5,8-9,17H2,1-2H3,(H,33,35)(H,34,36)/b32-16-. The lowest BCUT2D eigenvalue weighted by atomic mass is 10.2. The maximum atomic E-state index is 12.2. The van der Waals surface area contributed by atoms with Gasteiger partial charge in [-0.15, -0.1) is 0 Å². The van der Waals surface area contributed by atoms with Gasteiger partial charge >= 0.3 is 0 Å². The second-order valence-corrected chi connectivity index (χ2v) is 9.51. The highest BCUT2D eigenvalue weighted by Crippen LogP contribution is 2.30. The number of hydrogen-bond acceptors (Lipinski definition) is 5. The fourth-order valence-electron chi connectivity index (χ4n) is 3.38. The molecule has 3 aromatic carbocycles. The number of benzene rings is 3. The number of halogens is 3. The number of amides is 2. The summed E-state index contributed by atoms with van der Waals surface area (Å²) >= 11 is 18.1. The predicted molar refractivity (Wildman–Crippen MR) is 153 cm³/mol. The summed E-state index contributed by atoms with van der Waals surface area (Å²) in [5, 5.41) is 8.35. The van der Waals surface area contributed by atoms with Gasteiger partial charge in [0.1, 0.15) is 6.61 Å². The fraction of sp³-hybridized carbons (Fsp3) is 0.250. The molecule has 0 spiro atoms. The van der Waals surface area contributed by atoms with Gasteiger partial charge in [-0.3, -0.25) is 9.59 Å². The molecule has 200 valence electrons. The molecule has 0 atom stereocenters. The Morgan fingerprint density at radius 3 is 2.45 bits per heavy atom. The number of carbonyl (C=O) groups excluding carboxylic acids is 2. The zero-order valence-electron chi connectivity index (χ0n) is 21.0. The van der Waals surface area contributed by atoms with E-state index in [2.05, 4.69) is 15.8 Å². The molecule has 0 radical (unpaired) electrons. The number of hydrogen-bond donors (Lipinski definition) is 2. The van der Waals surface area contributed by atoms with Gasteiger partial charge in [-0.05, 0) is 79.4 Å². The molecule has 0 saturated carbocycles.